The van der Waals surface area contributed by atoms with Gasteiger partial charge in [0.25, 0.3) is 5.91 Å². The van der Waals surface area contributed by atoms with Crippen LogP contribution in [0, 0.1) is 0 Å². The molecule has 0 spiro atoms. The van der Waals surface area contributed by atoms with E-state index in [1.165, 1.54) is 25.6 Å². The number of ether oxygens (including phenoxy) is 2. The molecule has 0 saturated carbocycles. The summed E-state index contributed by atoms with van der Waals surface area (Å²) in [5, 5.41) is 0.895. The summed E-state index contributed by atoms with van der Waals surface area (Å²) in [6, 6.07) is 5.26. The third kappa shape index (κ3) is 4.26. The fourth-order valence-corrected chi connectivity index (χ4v) is 8.79. The number of nitrogens with zero attached hydrogens (tertiary/aromatic N) is 2. The molecule has 5 rings (SSSR count). The zero-order valence-electron chi connectivity index (χ0n) is 21.2. The van der Waals surface area contributed by atoms with E-state index in [0.717, 1.165) is 9.80 Å². The van der Waals surface area contributed by atoms with Gasteiger partial charge in [-0.3, -0.25) is 19.3 Å². The average Bonchev–Trinajstić information content (AvgIpc) is 3.04. The average molecular weight is 613 g/mol. The lowest BCUT2D eigenvalue weighted by atomic mass is 9.98. The third-order valence-corrected chi connectivity index (χ3v) is 12.0. The second-order valence-electron chi connectivity index (χ2n) is 10.1. The van der Waals surface area contributed by atoms with Gasteiger partial charge >= 0.3 is 11.9 Å². The van der Waals surface area contributed by atoms with Crippen molar-refractivity contribution in [2.24, 2.45) is 5.73 Å². The standard InChI is InChI=1S/C24H25ClN4O9S2/c1-24(2)18(28-13(30)8-14(28)40(24,35)36)23(34)38-10-37-22(33)17-12(25)9-39-21-16(20(32)29(17)21)27-19(31)15(26)11-6-4-3-5-7-11/h3-7,14-16,18,21H,8-10,26H2,1-2H3,(H,27,31). The van der Waals surface area contributed by atoms with Gasteiger partial charge in [-0.1, -0.05) is 41.9 Å². The Morgan fingerprint density at radius 3 is 2.52 bits per heavy atom. The number of esters is 2. The predicted octanol–water partition coefficient (Wildman–Crippen LogP) is -0.285. The third-order valence-electron chi connectivity index (χ3n) is 7.44. The van der Waals surface area contributed by atoms with Crippen LogP contribution in [0.5, 0.6) is 0 Å². The number of rotatable bonds is 7. The van der Waals surface area contributed by atoms with Gasteiger partial charge in [-0.05, 0) is 19.4 Å². The van der Waals surface area contributed by atoms with Crippen LogP contribution in [0.3, 0.4) is 0 Å². The lowest BCUT2D eigenvalue weighted by Crippen LogP contribution is -2.71. The zero-order chi connectivity index (χ0) is 29.1. The van der Waals surface area contributed by atoms with E-state index in [1.807, 2.05) is 0 Å². The number of thioether (sulfide) groups is 1. The van der Waals surface area contributed by atoms with Crippen LogP contribution in [-0.2, 0) is 43.3 Å². The Morgan fingerprint density at radius 2 is 1.88 bits per heavy atom. The summed E-state index contributed by atoms with van der Waals surface area (Å²) < 4.78 is 33.8. The molecule has 40 heavy (non-hydrogen) atoms. The highest BCUT2D eigenvalue weighted by Crippen LogP contribution is 2.46. The van der Waals surface area contributed by atoms with Crippen molar-refractivity contribution < 1.29 is 41.9 Å². The van der Waals surface area contributed by atoms with E-state index in [4.69, 9.17) is 26.8 Å². The van der Waals surface area contributed by atoms with Crippen molar-refractivity contribution in [1.29, 1.82) is 0 Å². The number of hydrogen-bond donors (Lipinski definition) is 2. The quantitative estimate of drug-likeness (QED) is 0.234. The second-order valence-corrected chi connectivity index (χ2v) is 14.3. The van der Waals surface area contributed by atoms with Gasteiger partial charge in [-0.15, -0.1) is 11.8 Å². The molecule has 214 valence electrons. The number of fused-ring (bicyclic) bond motifs is 2. The van der Waals surface area contributed by atoms with Crippen LogP contribution >= 0.6 is 23.4 Å². The second kappa shape index (κ2) is 10.0. The van der Waals surface area contributed by atoms with E-state index in [1.54, 1.807) is 30.3 Å². The Labute approximate surface area is 238 Å². The molecule has 16 heteroatoms. The number of β-lactam (4-membered cyclic amide) rings is 2. The maximum atomic E-state index is 12.9. The Hall–Kier alpha value is -3.14. The molecule has 3 saturated heterocycles. The van der Waals surface area contributed by atoms with Gasteiger partial charge in [0, 0.05) is 5.75 Å². The summed E-state index contributed by atoms with van der Waals surface area (Å²) in [5.74, 6) is -3.63. The highest BCUT2D eigenvalue weighted by molar-refractivity contribution is 8.00. The first-order chi connectivity index (χ1) is 18.8. The molecule has 13 nitrogen and oxygen atoms in total. The van der Waals surface area contributed by atoms with Crippen molar-refractivity contribution in [1.82, 2.24) is 15.1 Å². The van der Waals surface area contributed by atoms with E-state index in [-0.39, 0.29) is 22.9 Å². The van der Waals surface area contributed by atoms with Crippen molar-refractivity contribution in [2.75, 3.05) is 12.5 Å². The first kappa shape index (κ1) is 28.4. The summed E-state index contributed by atoms with van der Waals surface area (Å²) in [6.07, 6.45) is -0.208. The van der Waals surface area contributed by atoms with Crippen molar-refractivity contribution in [3.05, 3.63) is 46.6 Å². The maximum absolute atomic E-state index is 12.9. The molecule has 4 aliphatic rings. The summed E-state index contributed by atoms with van der Waals surface area (Å²) in [4.78, 5) is 65.3. The van der Waals surface area contributed by atoms with E-state index in [9.17, 15) is 32.4 Å². The summed E-state index contributed by atoms with van der Waals surface area (Å²) >= 11 is 7.46. The van der Waals surface area contributed by atoms with Gasteiger partial charge in [-0.25, -0.2) is 18.0 Å². The molecule has 3 amide bonds. The number of carbonyl (C=O) groups is 5. The van der Waals surface area contributed by atoms with Gasteiger partial charge in [0.15, 0.2) is 9.84 Å². The predicted molar refractivity (Wildman–Crippen MR) is 140 cm³/mol. The Bertz CT molecular complexity index is 1450. The molecule has 0 aliphatic carbocycles. The molecule has 3 N–H and O–H groups in total. The van der Waals surface area contributed by atoms with Gasteiger partial charge in [0.1, 0.15) is 34.6 Å². The number of nitrogens with one attached hydrogen (secondary N) is 1. The van der Waals surface area contributed by atoms with E-state index < -0.39 is 79.9 Å². The first-order valence-corrected chi connectivity index (χ1v) is 15.1. The topological polar surface area (TPSA) is 182 Å². The molecule has 0 aromatic heterocycles. The van der Waals surface area contributed by atoms with E-state index in [0.29, 0.717) is 5.56 Å². The van der Waals surface area contributed by atoms with Crippen molar-refractivity contribution in [3.63, 3.8) is 0 Å². The summed E-state index contributed by atoms with van der Waals surface area (Å²) in [5.41, 5.74) is 6.32. The van der Waals surface area contributed by atoms with Crippen LogP contribution in [0.2, 0.25) is 0 Å². The number of carbonyl (C=O) groups excluding carboxylic acids is 5. The molecular weight excluding hydrogens is 588 g/mol. The van der Waals surface area contributed by atoms with Crippen LogP contribution < -0.4 is 11.1 Å². The highest BCUT2D eigenvalue weighted by atomic mass is 35.5. The van der Waals surface area contributed by atoms with Crippen LogP contribution in [0.1, 0.15) is 31.9 Å². The normalized spacial score (nSPS) is 28.5. The minimum Gasteiger partial charge on any atom is -0.426 e. The van der Waals surface area contributed by atoms with E-state index in [2.05, 4.69) is 5.32 Å². The minimum atomic E-state index is -3.82. The number of hydrogen-bond acceptors (Lipinski definition) is 11. The largest absolute Gasteiger partial charge is 0.426 e. The fraction of sp³-hybridized carbons (Fsp3) is 0.458. The summed E-state index contributed by atoms with van der Waals surface area (Å²) in [6.45, 7) is 1.75. The van der Waals surface area contributed by atoms with Gasteiger partial charge in [0.05, 0.1) is 16.2 Å². The molecule has 5 atom stereocenters. The van der Waals surface area contributed by atoms with Crippen LogP contribution in [0.25, 0.3) is 0 Å². The molecule has 0 radical (unpaired) electrons. The monoisotopic (exact) mass is 612 g/mol. The smallest absolute Gasteiger partial charge is 0.359 e. The van der Waals surface area contributed by atoms with E-state index >= 15 is 0 Å². The Morgan fingerprint density at radius 1 is 1.20 bits per heavy atom. The number of sulfone groups is 1. The van der Waals surface area contributed by atoms with Crippen molar-refractivity contribution in [3.8, 4) is 0 Å². The molecule has 5 unspecified atom stereocenters. The fourth-order valence-electron chi connectivity index (χ4n) is 5.12. The number of amides is 3. The highest BCUT2D eigenvalue weighted by Gasteiger charge is 2.68. The number of benzene rings is 1. The molecule has 0 bridgehead atoms. The van der Waals surface area contributed by atoms with Gasteiger partial charge < -0.3 is 25.4 Å². The van der Waals surface area contributed by atoms with Crippen molar-refractivity contribution in [2.45, 2.75) is 53.9 Å². The Balaban J connectivity index is 1.19. The van der Waals surface area contributed by atoms with Gasteiger partial charge in [0.2, 0.25) is 18.6 Å². The summed E-state index contributed by atoms with van der Waals surface area (Å²) in [7, 11) is -3.82. The molecule has 4 heterocycles. The SMILES string of the molecule is CC1(C)C(C(=O)OCOC(=O)C2=C(Cl)CSC3C(NC(=O)C(N)c4ccccc4)C(=O)N23)N2C(=O)CC2S1(=O)=O. The number of nitrogens with two attached hydrogens (primary N) is 1. The van der Waals surface area contributed by atoms with Crippen LogP contribution in [-0.4, -0.2) is 88.0 Å². The lowest BCUT2D eigenvalue weighted by molar-refractivity contribution is -0.175. The van der Waals surface area contributed by atoms with Crippen molar-refractivity contribution >= 4 is 62.9 Å². The Kier molecular flexibility index (Phi) is 7.13. The van der Waals surface area contributed by atoms with Gasteiger partial charge in [-0.2, -0.15) is 0 Å². The maximum Gasteiger partial charge on any atom is 0.359 e. The first-order valence-electron chi connectivity index (χ1n) is 12.1. The molecule has 1 aromatic carbocycles. The molecule has 3 fully saturated rings. The molecule has 1 aromatic rings. The molecular formula is C24H25ClN4O9S2. The van der Waals surface area contributed by atoms with Crippen LogP contribution in [0.4, 0.5) is 0 Å². The minimum absolute atomic E-state index is 0.0220. The molecule has 4 aliphatic heterocycles. The van der Waals surface area contributed by atoms with Crippen LogP contribution in [0.15, 0.2) is 41.1 Å². The lowest BCUT2D eigenvalue weighted by Gasteiger charge is -2.49. The number of halogens is 1. The zero-order valence-corrected chi connectivity index (χ0v) is 23.6.